The highest BCUT2D eigenvalue weighted by atomic mass is 32.2. The Bertz CT molecular complexity index is 1160. The lowest BCUT2D eigenvalue weighted by Gasteiger charge is -2.24. The van der Waals surface area contributed by atoms with Gasteiger partial charge in [0.1, 0.15) is 30.4 Å². The lowest BCUT2D eigenvalue weighted by Crippen LogP contribution is -2.42. The van der Waals surface area contributed by atoms with Crippen LogP contribution in [-0.4, -0.2) is 53.7 Å². The minimum Gasteiger partial charge on any atom is -0.484 e. The molecule has 2 aromatic carbocycles. The molecule has 0 aliphatic rings. The standard InChI is InChI=1S/C22H25N3O6S/c1-16(20-15-30-22(23-20)18-9-5-4-6-10-18)31-19-11-7-8-17(12-19)13-25(14-21(26)27)32(28,29)24(2)3/h4-12,15-16H,13-14H2,1-3H3,(H,26,27). The van der Waals surface area contributed by atoms with Crippen LogP contribution in [0.15, 0.2) is 65.3 Å². The van der Waals surface area contributed by atoms with Gasteiger partial charge in [-0.3, -0.25) is 4.79 Å². The molecule has 1 N–H and O–H groups in total. The summed E-state index contributed by atoms with van der Waals surface area (Å²) in [6, 6.07) is 16.3. The summed E-state index contributed by atoms with van der Waals surface area (Å²) in [7, 11) is -1.20. The lowest BCUT2D eigenvalue weighted by molar-refractivity contribution is -0.137. The number of oxazole rings is 1. The fourth-order valence-corrected chi connectivity index (χ4v) is 4.02. The van der Waals surface area contributed by atoms with E-state index >= 15 is 0 Å². The molecule has 0 aliphatic carbocycles. The molecule has 0 saturated heterocycles. The Balaban J connectivity index is 1.74. The number of aromatic nitrogens is 1. The van der Waals surface area contributed by atoms with Crippen molar-refractivity contribution in [3.63, 3.8) is 0 Å². The van der Waals surface area contributed by atoms with Gasteiger partial charge in [-0.2, -0.15) is 17.0 Å². The fourth-order valence-electron chi connectivity index (χ4n) is 2.97. The summed E-state index contributed by atoms with van der Waals surface area (Å²) in [5.74, 6) is -0.253. The SMILES string of the molecule is CC(Oc1cccc(CN(CC(=O)O)S(=O)(=O)N(C)C)c1)c1coc(-c2ccccc2)n1. The van der Waals surface area contributed by atoms with Crippen molar-refractivity contribution in [2.24, 2.45) is 0 Å². The van der Waals surface area contributed by atoms with E-state index in [0.29, 0.717) is 22.9 Å². The zero-order chi connectivity index (χ0) is 23.3. The number of ether oxygens (including phenoxy) is 1. The van der Waals surface area contributed by atoms with E-state index in [1.54, 1.807) is 24.3 Å². The first-order valence-corrected chi connectivity index (χ1v) is 11.2. The van der Waals surface area contributed by atoms with Crippen molar-refractivity contribution in [2.75, 3.05) is 20.6 Å². The fraction of sp³-hybridized carbons (Fsp3) is 0.273. The molecule has 0 fully saturated rings. The second kappa shape index (κ2) is 9.94. The number of carboxylic acid groups (broad SMARTS) is 1. The minimum absolute atomic E-state index is 0.111. The Kier molecular flexibility index (Phi) is 7.29. The summed E-state index contributed by atoms with van der Waals surface area (Å²) in [5, 5.41) is 9.13. The van der Waals surface area contributed by atoms with E-state index in [4.69, 9.17) is 14.3 Å². The Morgan fingerprint density at radius 2 is 1.88 bits per heavy atom. The molecular weight excluding hydrogens is 434 g/mol. The van der Waals surface area contributed by atoms with Crippen LogP contribution in [0.3, 0.4) is 0 Å². The predicted molar refractivity (Wildman–Crippen MR) is 118 cm³/mol. The summed E-state index contributed by atoms with van der Waals surface area (Å²) < 4.78 is 38.3. The van der Waals surface area contributed by atoms with Crippen LogP contribution in [0.2, 0.25) is 0 Å². The Morgan fingerprint density at radius 1 is 1.16 bits per heavy atom. The van der Waals surface area contributed by atoms with Gasteiger partial charge in [-0.15, -0.1) is 0 Å². The van der Waals surface area contributed by atoms with E-state index in [9.17, 15) is 13.2 Å². The maximum absolute atomic E-state index is 12.5. The largest absolute Gasteiger partial charge is 0.484 e. The molecule has 1 atom stereocenters. The molecule has 10 heteroatoms. The van der Waals surface area contributed by atoms with Gasteiger partial charge in [0.15, 0.2) is 0 Å². The number of hydrogen-bond donors (Lipinski definition) is 1. The van der Waals surface area contributed by atoms with Crippen molar-refractivity contribution in [3.8, 4) is 17.2 Å². The van der Waals surface area contributed by atoms with Crippen molar-refractivity contribution in [1.82, 2.24) is 13.6 Å². The lowest BCUT2D eigenvalue weighted by atomic mass is 10.2. The maximum atomic E-state index is 12.5. The quantitative estimate of drug-likeness (QED) is 0.495. The van der Waals surface area contributed by atoms with Gasteiger partial charge in [-0.1, -0.05) is 30.3 Å². The highest BCUT2D eigenvalue weighted by molar-refractivity contribution is 7.86. The average Bonchev–Trinajstić information content (AvgIpc) is 3.24. The van der Waals surface area contributed by atoms with Gasteiger partial charge >= 0.3 is 5.97 Å². The van der Waals surface area contributed by atoms with Gasteiger partial charge in [0.05, 0.1) is 0 Å². The molecule has 0 bridgehead atoms. The molecule has 170 valence electrons. The summed E-state index contributed by atoms with van der Waals surface area (Å²) in [6.07, 6.45) is 1.11. The van der Waals surface area contributed by atoms with Gasteiger partial charge in [0, 0.05) is 26.2 Å². The zero-order valence-corrected chi connectivity index (χ0v) is 18.8. The first kappa shape index (κ1) is 23.5. The van der Waals surface area contributed by atoms with E-state index in [1.165, 1.54) is 20.4 Å². The molecular formula is C22H25N3O6S. The van der Waals surface area contributed by atoms with Crippen LogP contribution < -0.4 is 4.74 Å². The number of aliphatic carboxylic acids is 1. The van der Waals surface area contributed by atoms with Crippen LogP contribution >= 0.6 is 0 Å². The van der Waals surface area contributed by atoms with E-state index in [2.05, 4.69) is 4.98 Å². The second-order valence-corrected chi connectivity index (χ2v) is 9.45. The monoisotopic (exact) mass is 459 g/mol. The van der Waals surface area contributed by atoms with Crippen molar-refractivity contribution in [2.45, 2.75) is 19.6 Å². The number of carboxylic acids is 1. The predicted octanol–water partition coefficient (Wildman–Crippen LogP) is 3.17. The molecule has 0 spiro atoms. The molecule has 3 rings (SSSR count). The first-order chi connectivity index (χ1) is 15.2. The summed E-state index contributed by atoms with van der Waals surface area (Å²) in [4.78, 5) is 15.7. The summed E-state index contributed by atoms with van der Waals surface area (Å²) >= 11 is 0. The van der Waals surface area contributed by atoms with Crippen LogP contribution in [-0.2, 0) is 21.5 Å². The second-order valence-electron chi connectivity index (χ2n) is 7.30. The number of hydrogen-bond acceptors (Lipinski definition) is 6. The number of nitrogens with zero attached hydrogens (tertiary/aromatic N) is 3. The van der Waals surface area contributed by atoms with Crippen molar-refractivity contribution >= 4 is 16.2 Å². The molecule has 9 nitrogen and oxygen atoms in total. The highest BCUT2D eigenvalue weighted by Gasteiger charge is 2.27. The van der Waals surface area contributed by atoms with E-state index in [1.807, 2.05) is 37.3 Å². The van der Waals surface area contributed by atoms with Crippen molar-refractivity contribution < 1.29 is 27.5 Å². The molecule has 1 aromatic heterocycles. The van der Waals surface area contributed by atoms with Gasteiger partial charge in [-0.05, 0) is 36.8 Å². The number of carbonyl (C=O) groups is 1. The average molecular weight is 460 g/mol. The van der Waals surface area contributed by atoms with Gasteiger partial charge in [-0.25, -0.2) is 4.98 Å². The van der Waals surface area contributed by atoms with Gasteiger partial charge in [0.25, 0.3) is 10.2 Å². The Hall–Kier alpha value is -3.21. The van der Waals surface area contributed by atoms with Crippen molar-refractivity contribution in [1.29, 1.82) is 0 Å². The van der Waals surface area contributed by atoms with E-state index in [-0.39, 0.29) is 6.54 Å². The minimum atomic E-state index is -3.91. The van der Waals surface area contributed by atoms with Crippen LogP contribution in [0, 0.1) is 0 Å². The van der Waals surface area contributed by atoms with Crippen LogP contribution in [0.5, 0.6) is 5.75 Å². The van der Waals surface area contributed by atoms with Gasteiger partial charge in [0.2, 0.25) is 5.89 Å². The van der Waals surface area contributed by atoms with Crippen LogP contribution in [0.25, 0.3) is 11.5 Å². The third kappa shape index (κ3) is 5.72. The molecule has 0 saturated carbocycles. The third-order valence-electron chi connectivity index (χ3n) is 4.63. The van der Waals surface area contributed by atoms with Crippen molar-refractivity contribution in [3.05, 3.63) is 72.1 Å². The zero-order valence-electron chi connectivity index (χ0n) is 18.0. The normalized spacial score (nSPS) is 12.8. The number of rotatable bonds is 10. The highest BCUT2D eigenvalue weighted by Crippen LogP contribution is 2.26. The number of benzene rings is 2. The molecule has 0 radical (unpaired) electrons. The Labute approximate surface area is 187 Å². The first-order valence-electron chi connectivity index (χ1n) is 9.82. The molecule has 0 amide bonds. The Morgan fingerprint density at radius 3 is 2.53 bits per heavy atom. The van der Waals surface area contributed by atoms with Crippen LogP contribution in [0.4, 0.5) is 0 Å². The molecule has 3 aromatic rings. The van der Waals surface area contributed by atoms with Gasteiger partial charge < -0.3 is 14.3 Å². The maximum Gasteiger partial charge on any atom is 0.318 e. The molecule has 1 heterocycles. The molecule has 0 aliphatic heterocycles. The van der Waals surface area contributed by atoms with E-state index < -0.39 is 28.8 Å². The van der Waals surface area contributed by atoms with E-state index in [0.717, 1.165) is 14.2 Å². The van der Waals surface area contributed by atoms with Crippen LogP contribution in [0.1, 0.15) is 24.3 Å². The summed E-state index contributed by atoms with van der Waals surface area (Å²) in [6.45, 7) is 1.07. The topological polar surface area (TPSA) is 113 Å². The molecule has 1 unspecified atom stereocenters. The molecule has 32 heavy (non-hydrogen) atoms. The summed E-state index contributed by atoms with van der Waals surface area (Å²) in [5.41, 5.74) is 2.05. The smallest absolute Gasteiger partial charge is 0.318 e. The third-order valence-corrected chi connectivity index (χ3v) is 6.46.